The van der Waals surface area contributed by atoms with Crippen LogP contribution in [-0.4, -0.2) is 43.8 Å². The predicted molar refractivity (Wildman–Crippen MR) is 114 cm³/mol. The number of rotatable bonds is 5. The Morgan fingerprint density at radius 1 is 1.21 bits per heavy atom. The number of nitrogens with zero attached hydrogens (tertiary/aromatic N) is 2. The van der Waals surface area contributed by atoms with E-state index in [1.165, 1.54) is 24.4 Å². The van der Waals surface area contributed by atoms with E-state index in [4.69, 9.17) is 9.47 Å². The van der Waals surface area contributed by atoms with Gasteiger partial charge in [-0.3, -0.25) is 14.5 Å². The molecule has 3 heterocycles. The molecule has 34 heavy (non-hydrogen) atoms. The first kappa shape index (κ1) is 23.9. The fourth-order valence-electron chi connectivity index (χ4n) is 4.37. The van der Waals surface area contributed by atoms with Crippen LogP contribution >= 0.6 is 0 Å². The number of esters is 1. The highest BCUT2D eigenvalue weighted by Crippen LogP contribution is 2.53. The van der Waals surface area contributed by atoms with Gasteiger partial charge in [-0.25, -0.2) is 4.79 Å². The third-order valence-electron chi connectivity index (χ3n) is 5.82. The van der Waals surface area contributed by atoms with Crippen molar-refractivity contribution in [2.24, 2.45) is 0 Å². The van der Waals surface area contributed by atoms with Gasteiger partial charge in [-0.05, 0) is 44.9 Å². The highest BCUT2D eigenvalue weighted by molar-refractivity contribution is 7.88. The van der Waals surface area contributed by atoms with Crippen LogP contribution in [0.25, 0.3) is 11.3 Å². The Balaban J connectivity index is 1.92. The first-order valence-electron chi connectivity index (χ1n) is 10.2. The van der Waals surface area contributed by atoms with E-state index in [2.05, 4.69) is 4.18 Å². The van der Waals surface area contributed by atoms with Crippen molar-refractivity contribution >= 4 is 16.1 Å². The summed E-state index contributed by atoms with van der Waals surface area (Å²) in [7, 11) is -4.79. The number of hydrogen-bond donors (Lipinski definition) is 0. The summed E-state index contributed by atoms with van der Waals surface area (Å²) in [4.78, 5) is 25.0. The zero-order valence-corrected chi connectivity index (χ0v) is 19.4. The van der Waals surface area contributed by atoms with Crippen LogP contribution in [-0.2, 0) is 14.9 Å². The molecular weight excluding hydrogens is 481 g/mol. The minimum absolute atomic E-state index is 0.0848. The molecule has 0 amide bonds. The molecule has 0 N–H and O–H groups in total. The molecule has 2 aliphatic rings. The Kier molecular flexibility index (Phi) is 5.38. The van der Waals surface area contributed by atoms with E-state index in [9.17, 15) is 31.2 Å². The lowest BCUT2D eigenvalue weighted by Gasteiger charge is -2.60. The molecule has 13 heteroatoms. The van der Waals surface area contributed by atoms with Gasteiger partial charge < -0.3 is 13.7 Å². The lowest BCUT2D eigenvalue weighted by atomic mass is 9.76. The predicted octanol–water partition coefficient (Wildman–Crippen LogP) is 3.10. The Labute approximate surface area is 192 Å². The number of alkyl halides is 3. The van der Waals surface area contributed by atoms with Crippen LogP contribution in [0.3, 0.4) is 0 Å². The van der Waals surface area contributed by atoms with E-state index >= 15 is 0 Å². The molecule has 1 saturated heterocycles. The van der Waals surface area contributed by atoms with Crippen molar-refractivity contribution in [2.75, 3.05) is 18.7 Å². The molecule has 184 valence electrons. The zero-order chi connectivity index (χ0) is 25.2. The summed E-state index contributed by atoms with van der Waals surface area (Å²) in [6.45, 7) is 5.52. The molecule has 1 aromatic heterocycles. The van der Waals surface area contributed by atoms with E-state index in [0.717, 1.165) is 7.11 Å². The summed E-state index contributed by atoms with van der Waals surface area (Å²) in [5.74, 6) is -1.67. The molecule has 0 bridgehead atoms. The molecule has 0 saturated carbocycles. The number of pyridine rings is 1. The fourth-order valence-corrected chi connectivity index (χ4v) is 4.84. The van der Waals surface area contributed by atoms with Crippen molar-refractivity contribution < 1.29 is 40.0 Å². The molecule has 2 aromatic rings. The van der Waals surface area contributed by atoms with Gasteiger partial charge in [-0.2, -0.15) is 21.6 Å². The molecule has 0 radical (unpaired) electrons. The van der Waals surface area contributed by atoms with Gasteiger partial charge in [0.25, 0.3) is 0 Å². The van der Waals surface area contributed by atoms with Gasteiger partial charge in [0.1, 0.15) is 5.56 Å². The molecule has 1 unspecified atom stereocenters. The molecule has 4 rings (SSSR count). The number of hydrogen-bond acceptors (Lipinski definition) is 8. The maximum Gasteiger partial charge on any atom is 0.534 e. The normalized spacial score (nSPS) is 18.2. The van der Waals surface area contributed by atoms with E-state index in [0.29, 0.717) is 23.2 Å². The molecule has 9 nitrogen and oxygen atoms in total. The smallest absolute Gasteiger partial charge is 0.493 e. The van der Waals surface area contributed by atoms with Crippen LogP contribution in [0.15, 0.2) is 29.2 Å². The van der Waals surface area contributed by atoms with Gasteiger partial charge in [0.15, 0.2) is 16.9 Å². The van der Waals surface area contributed by atoms with E-state index in [-0.39, 0.29) is 17.9 Å². The highest BCUT2D eigenvalue weighted by Gasteiger charge is 2.52. The lowest BCUT2D eigenvalue weighted by molar-refractivity contribution is -0.0500. The zero-order valence-electron chi connectivity index (χ0n) is 18.6. The van der Waals surface area contributed by atoms with Crippen LogP contribution in [0.2, 0.25) is 0 Å². The standard InChI is InChI=1S/C21H21F3N2O7S/c1-5-32-19(28)13-10-25-14(8-16(13)27)11-6-17(31-4)18(33-34(29,30)21(22,23)24)7-12(11)15-9-20(2,3)26(15)25/h6-8,10,15H,5,9H2,1-4H3. The second-order valence-corrected chi connectivity index (χ2v) is 9.99. The Morgan fingerprint density at radius 2 is 1.88 bits per heavy atom. The van der Waals surface area contributed by atoms with E-state index < -0.39 is 44.4 Å². The van der Waals surface area contributed by atoms with Crippen LogP contribution in [0, 0.1) is 0 Å². The molecule has 0 aliphatic carbocycles. The van der Waals surface area contributed by atoms with Crippen LogP contribution in [0.5, 0.6) is 11.5 Å². The minimum Gasteiger partial charge on any atom is -0.493 e. The van der Waals surface area contributed by atoms with Crippen molar-refractivity contribution in [2.45, 2.75) is 44.3 Å². The third-order valence-corrected chi connectivity index (χ3v) is 6.79. The van der Waals surface area contributed by atoms with Gasteiger partial charge in [0.05, 0.1) is 31.0 Å². The molecule has 1 fully saturated rings. The average molecular weight is 502 g/mol. The summed E-state index contributed by atoms with van der Waals surface area (Å²) in [6.07, 6.45) is 1.93. The summed E-state index contributed by atoms with van der Waals surface area (Å²) >= 11 is 0. The van der Waals surface area contributed by atoms with Crippen LogP contribution < -0.4 is 19.4 Å². The third kappa shape index (κ3) is 3.58. The second-order valence-electron chi connectivity index (χ2n) is 8.45. The molecular formula is C21H21F3N2O7S. The first-order valence-corrected chi connectivity index (χ1v) is 11.6. The lowest BCUT2D eigenvalue weighted by Crippen LogP contribution is -2.65. The number of halogens is 3. The van der Waals surface area contributed by atoms with Gasteiger partial charge in [0.2, 0.25) is 0 Å². The topological polar surface area (TPSA) is 104 Å². The number of aromatic nitrogens is 1. The average Bonchev–Trinajstić information content (AvgIpc) is 2.71. The summed E-state index contributed by atoms with van der Waals surface area (Å²) < 4.78 is 78.0. The van der Waals surface area contributed by atoms with Gasteiger partial charge in [-0.15, -0.1) is 0 Å². The summed E-state index contributed by atoms with van der Waals surface area (Å²) in [6, 6.07) is 3.32. The van der Waals surface area contributed by atoms with E-state index in [1.807, 2.05) is 18.9 Å². The maximum atomic E-state index is 12.9. The van der Waals surface area contributed by atoms with Crippen molar-refractivity contribution in [3.8, 4) is 22.8 Å². The highest BCUT2D eigenvalue weighted by atomic mass is 32.2. The molecule has 1 aromatic carbocycles. The van der Waals surface area contributed by atoms with Crippen molar-refractivity contribution in [1.82, 2.24) is 4.68 Å². The SMILES string of the molecule is CCOC(=O)c1cn2c(cc1=O)-c1cc(OC)c(OS(=O)(=O)C(F)(F)F)cc1C1CC(C)(C)N12. The number of methoxy groups -OCH3 is 1. The van der Waals surface area contributed by atoms with Gasteiger partial charge in [0, 0.05) is 17.8 Å². The van der Waals surface area contributed by atoms with Gasteiger partial charge in [-0.1, -0.05) is 0 Å². The number of benzene rings is 1. The summed E-state index contributed by atoms with van der Waals surface area (Å²) in [5, 5.41) is 1.85. The maximum absolute atomic E-state index is 12.9. The number of carbonyl (C=O) groups is 1. The Morgan fingerprint density at radius 3 is 2.44 bits per heavy atom. The quantitative estimate of drug-likeness (QED) is 0.349. The number of ether oxygens (including phenoxy) is 2. The van der Waals surface area contributed by atoms with Crippen molar-refractivity contribution in [1.29, 1.82) is 0 Å². The molecule has 1 atom stereocenters. The first-order chi connectivity index (χ1) is 15.7. The fraction of sp³-hybridized carbons (Fsp3) is 0.429. The van der Waals surface area contributed by atoms with Crippen LogP contribution in [0.4, 0.5) is 13.2 Å². The van der Waals surface area contributed by atoms with Gasteiger partial charge >= 0.3 is 21.6 Å². The van der Waals surface area contributed by atoms with Crippen molar-refractivity contribution in [3.05, 3.63) is 45.7 Å². The molecule has 0 spiro atoms. The van der Waals surface area contributed by atoms with E-state index in [1.54, 1.807) is 11.6 Å². The largest absolute Gasteiger partial charge is 0.534 e. The number of carbonyl (C=O) groups excluding carboxylic acids is 1. The Bertz CT molecular complexity index is 1350. The monoisotopic (exact) mass is 502 g/mol. The summed E-state index contributed by atoms with van der Waals surface area (Å²) in [5.41, 5.74) is -5.61. The minimum atomic E-state index is -5.93. The van der Waals surface area contributed by atoms with Crippen molar-refractivity contribution in [3.63, 3.8) is 0 Å². The Hall–Kier alpha value is -3.22. The molecule has 2 aliphatic heterocycles. The number of fused-ring (bicyclic) bond motifs is 6. The van der Waals surface area contributed by atoms with Crippen LogP contribution in [0.1, 0.15) is 49.2 Å². The second kappa shape index (κ2) is 7.65.